The number of rotatable bonds is 4. The molecule has 3 aromatic rings. The Morgan fingerprint density at radius 3 is 2.79 bits per heavy atom. The maximum absolute atomic E-state index is 12.0. The highest BCUT2D eigenvalue weighted by molar-refractivity contribution is 6.38. The number of hydrogen-bond donors (Lipinski definition) is 0. The van der Waals surface area contributed by atoms with Crippen LogP contribution >= 0.6 is 11.6 Å². The van der Waals surface area contributed by atoms with Crippen LogP contribution in [-0.4, -0.2) is 22.1 Å². The summed E-state index contributed by atoms with van der Waals surface area (Å²) in [6.45, 7) is 2.52. The summed E-state index contributed by atoms with van der Waals surface area (Å²) in [7, 11) is 0. The smallest absolute Gasteiger partial charge is 0.341 e. The Hall–Kier alpha value is -2.84. The van der Waals surface area contributed by atoms with Crippen LogP contribution in [0, 0.1) is 11.3 Å². The highest BCUT2D eigenvalue weighted by Gasteiger charge is 2.20. The standard InChI is InChI=1S/C18H14ClN3O2/c1-2-24-18(23)14-9-21-17-15(16(14)19)13(8-20)11-22(17)10-12-6-4-3-5-7-12/h3-7,9,11H,2,10H2,1H3. The van der Waals surface area contributed by atoms with Crippen molar-refractivity contribution in [1.29, 1.82) is 5.26 Å². The summed E-state index contributed by atoms with van der Waals surface area (Å²) >= 11 is 6.37. The Morgan fingerprint density at radius 1 is 1.38 bits per heavy atom. The first-order chi connectivity index (χ1) is 11.7. The molecule has 0 aliphatic carbocycles. The van der Waals surface area contributed by atoms with E-state index in [0.29, 0.717) is 23.1 Å². The second-order valence-electron chi connectivity index (χ2n) is 5.17. The largest absolute Gasteiger partial charge is 0.462 e. The van der Waals surface area contributed by atoms with Crippen LogP contribution in [0.5, 0.6) is 0 Å². The number of carbonyl (C=O) groups is 1. The fourth-order valence-corrected chi connectivity index (χ4v) is 2.87. The van der Waals surface area contributed by atoms with E-state index < -0.39 is 5.97 Å². The molecule has 0 fully saturated rings. The Morgan fingerprint density at radius 2 is 2.12 bits per heavy atom. The predicted molar refractivity (Wildman–Crippen MR) is 91.0 cm³/mol. The number of halogens is 1. The molecule has 2 heterocycles. The molecule has 0 unspecified atom stereocenters. The van der Waals surface area contributed by atoms with Crippen molar-refractivity contribution in [1.82, 2.24) is 9.55 Å². The molecule has 0 aliphatic heterocycles. The summed E-state index contributed by atoms with van der Waals surface area (Å²) in [4.78, 5) is 16.3. The van der Waals surface area contributed by atoms with Gasteiger partial charge in [-0.1, -0.05) is 41.9 Å². The number of nitriles is 1. The lowest BCUT2D eigenvalue weighted by Crippen LogP contribution is -2.07. The lowest BCUT2D eigenvalue weighted by Gasteiger charge is -2.07. The first-order valence-electron chi connectivity index (χ1n) is 7.44. The third-order valence-electron chi connectivity index (χ3n) is 3.63. The van der Waals surface area contributed by atoms with E-state index in [1.807, 2.05) is 34.9 Å². The molecule has 0 saturated heterocycles. The van der Waals surface area contributed by atoms with Gasteiger partial charge in [0.05, 0.1) is 28.1 Å². The Balaban J connectivity index is 2.12. The van der Waals surface area contributed by atoms with E-state index in [-0.39, 0.29) is 17.2 Å². The van der Waals surface area contributed by atoms with Crippen molar-refractivity contribution in [3.63, 3.8) is 0 Å². The molecule has 0 saturated carbocycles. The molecule has 6 heteroatoms. The molecular formula is C18H14ClN3O2. The van der Waals surface area contributed by atoms with Crippen molar-refractivity contribution in [3.05, 3.63) is 64.4 Å². The summed E-state index contributed by atoms with van der Waals surface area (Å²) in [5.74, 6) is -0.545. The number of aromatic nitrogens is 2. The van der Waals surface area contributed by atoms with Crippen LogP contribution in [-0.2, 0) is 11.3 Å². The predicted octanol–water partition coefficient (Wildman–Crippen LogP) is 3.79. The molecule has 0 N–H and O–H groups in total. The average molecular weight is 340 g/mol. The number of nitrogens with zero attached hydrogens (tertiary/aromatic N) is 3. The van der Waals surface area contributed by atoms with E-state index in [9.17, 15) is 10.1 Å². The Bertz CT molecular complexity index is 942. The fraction of sp³-hybridized carbons (Fsp3) is 0.167. The van der Waals surface area contributed by atoms with Gasteiger partial charge in [0, 0.05) is 18.9 Å². The molecule has 0 atom stereocenters. The molecule has 120 valence electrons. The quantitative estimate of drug-likeness (QED) is 0.678. The van der Waals surface area contributed by atoms with Crippen LogP contribution < -0.4 is 0 Å². The van der Waals surface area contributed by atoms with Crippen LogP contribution in [0.15, 0.2) is 42.7 Å². The highest BCUT2D eigenvalue weighted by Crippen LogP contribution is 2.30. The van der Waals surface area contributed by atoms with Gasteiger partial charge < -0.3 is 9.30 Å². The first kappa shape index (κ1) is 16.0. The summed E-state index contributed by atoms with van der Waals surface area (Å²) in [5, 5.41) is 10.1. The van der Waals surface area contributed by atoms with Gasteiger partial charge in [0.1, 0.15) is 11.7 Å². The van der Waals surface area contributed by atoms with Crippen LogP contribution in [0.1, 0.15) is 28.4 Å². The van der Waals surface area contributed by atoms with Crippen LogP contribution in [0.3, 0.4) is 0 Å². The van der Waals surface area contributed by atoms with E-state index in [4.69, 9.17) is 16.3 Å². The zero-order valence-electron chi connectivity index (χ0n) is 13.0. The Kier molecular flexibility index (Phi) is 4.50. The summed E-state index contributed by atoms with van der Waals surface area (Å²) < 4.78 is 6.83. The summed E-state index contributed by atoms with van der Waals surface area (Å²) in [6, 6.07) is 11.9. The van der Waals surface area contributed by atoms with Crippen LogP contribution in [0.2, 0.25) is 5.02 Å². The van der Waals surface area contributed by atoms with Crippen molar-refractivity contribution >= 4 is 28.6 Å². The minimum absolute atomic E-state index is 0.167. The topological polar surface area (TPSA) is 67.9 Å². The zero-order valence-corrected chi connectivity index (χ0v) is 13.7. The maximum atomic E-state index is 12.0. The first-order valence-corrected chi connectivity index (χ1v) is 7.82. The maximum Gasteiger partial charge on any atom is 0.341 e. The molecule has 1 aromatic carbocycles. The van der Waals surface area contributed by atoms with Gasteiger partial charge in [0.15, 0.2) is 0 Å². The van der Waals surface area contributed by atoms with Crippen molar-refractivity contribution in [3.8, 4) is 6.07 Å². The Labute approximate surface area is 144 Å². The second kappa shape index (κ2) is 6.73. The molecule has 0 aliphatic rings. The second-order valence-corrected chi connectivity index (χ2v) is 5.55. The lowest BCUT2D eigenvalue weighted by atomic mass is 10.2. The number of ether oxygens (including phenoxy) is 1. The summed E-state index contributed by atoms with van der Waals surface area (Å²) in [5.41, 5.74) is 2.18. The molecule has 24 heavy (non-hydrogen) atoms. The van der Waals surface area contributed by atoms with Crippen molar-refractivity contribution in [2.45, 2.75) is 13.5 Å². The number of benzene rings is 1. The number of esters is 1. The van der Waals surface area contributed by atoms with E-state index in [2.05, 4.69) is 11.1 Å². The molecule has 0 bridgehead atoms. The van der Waals surface area contributed by atoms with Gasteiger partial charge in [-0.15, -0.1) is 0 Å². The van der Waals surface area contributed by atoms with Gasteiger partial charge in [-0.05, 0) is 12.5 Å². The molecule has 0 amide bonds. The van der Waals surface area contributed by atoms with Gasteiger partial charge in [0.2, 0.25) is 0 Å². The van der Waals surface area contributed by atoms with Crippen LogP contribution in [0.4, 0.5) is 0 Å². The molecule has 0 radical (unpaired) electrons. The van der Waals surface area contributed by atoms with Gasteiger partial charge in [-0.2, -0.15) is 5.26 Å². The number of fused-ring (bicyclic) bond motifs is 1. The monoisotopic (exact) mass is 339 g/mol. The third kappa shape index (κ3) is 2.84. The van der Waals surface area contributed by atoms with Crippen LogP contribution in [0.25, 0.3) is 11.0 Å². The average Bonchev–Trinajstić information content (AvgIpc) is 2.95. The van der Waals surface area contributed by atoms with Gasteiger partial charge in [-0.3, -0.25) is 0 Å². The molecular weight excluding hydrogens is 326 g/mol. The molecule has 3 rings (SSSR count). The number of pyridine rings is 1. The SMILES string of the molecule is CCOC(=O)c1cnc2c(c(C#N)cn2Cc2ccccc2)c1Cl. The van der Waals surface area contributed by atoms with Gasteiger partial charge >= 0.3 is 5.97 Å². The molecule has 2 aromatic heterocycles. The van der Waals surface area contributed by atoms with E-state index >= 15 is 0 Å². The van der Waals surface area contributed by atoms with Crippen molar-refractivity contribution in [2.24, 2.45) is 0 Å². The highest BCUT2D eigenvalue weighted by atomic mass is 35.5. The fourth-order valence-electron chi connectivity index (χ4n) is 2.55. The van der Waals surface area contributed by atoms with Gasteiger partial charge in [0.25, 0.3) is 0 Å². The normalized spacial score (nSPS) is 10.5. The minimum Gasteiger partial charge on any atom is -0.462 e. The number of carbonyl (C=O) groups excluding carboxylic acids is 1. The number of hydrogen-bond acceptors (Lipinski definition) is 4. The lowest BCUT2D eigenvalue weighted by molar-refractivity contribution is 0.0526. The molecule has 0 spiro atoms. The van der Waals surface area contributed by atoms with Crippen molar-refractivity contribution < 1.29 is 9.53 Å². The zero-order chi connectivity index (χ0) is 17.1. The van der Waals surface area contributed by atoms with E-state index in [1.165, 1.54) is 6.20 Å². The minimum atomic E-state index is -0.545. The van der Waals surface area contributed by atoms with Gasteiger partial charge in [-0.25, -0.2) is 9.78 Å². The molecule has 5 nitrogen and oxygen atoms in total. The van der Waals surface area contributed by atoms with Crippen molar-refractivity contribution in [2.75, 3.05) is 6.61 Å². The summed E-state index contributed by atoms with van der Waals surface area (Å²) in [6.07, 6.45) is 3.09. The van der Waals surface area contributed by atoms with E-state index in [1.54, 1.807) is 13.1 Å². The third-order valence-corrected chi connectivity index (χ3v) is 4.03. The van der Waals surface area contributed by atoms with E-state index in [0.717, 1.165) is 5.56 Å².